The molecule has 3 aromatic carbocycles. The van der Waals surface area contributed by atoms with Crippen LogP contribution in [-0.4, -0.2) is 96.4 Å². The summed E-state index contributed by atoms with van der Waals surface area (Å²) < 4.78 is 59.0. The molecule has 268 valence electrons. The number of hydrogen-bond acceptors (Lipinski definition) is 9. The Morgan fingerprint density at radius 3 is 2.41 bits per heavy atom. The Morgan fingerprint density at radius 1 is 0.980 bits per heavy atom. The highest BCUT2D eigenvalue weighted by atomic mass is 32.2. The predicted molar refractivity (Wildman–Crippen MR) is 190 cm³/mol. The summed E-state index contributed by atoms with van der Waals surface area (Å²) >= 11 is 0. The lowest BCUT2D eigenvalue weighted by Crippen LogP contribution is -2.54. The van der Waals surface area contributed by atoms with Crippen molar-refractivity contribution in [1.29, 1.82) is 0 Å². The van der Waals surface area contributed by atoms with E-state index in [9.17, 15) is 13.5 Å². The maximum Gasteiger partial charge on any atom is 0.243 e. The monoisotopic (exact) mass is 696 g/mol. The largest absolute Gasteiger partial charge is 0.497 e. The van der Waals surface area contributed by atoms with Crippen molar-refractivity contribution in [3.8, 4) is 11.5 Å². The molecule has 1 N–H and O–H groups in total. The second-order valence-electron chi connectivity index (χ2n) is 13.4. The second-order valence-corrected chi connectivity index (χ2v) is 15.3. The third-order valence-electron chi connectivity index (χ3n) is 9.66. The number of aliphatic hydroxyl groups is 1. The SMILES string of the molecule is COCCCN1CCOc2ccc(CO[C@@H]3CN(S(=O)(=O)c4ccc(C)cc4)[C@@H](C[C@@](C)(O)CCOC)CC3c3ccc(OC)cc3)cc21. The van der Waals surface area contributed by atoms with Crippen LogP contribution >= 0.6 is 0 Å². The smallest absolute Gasteiger partial charge is 0.243 e. The summed E-state index contributed by atoms with van der Waals surface area (Å²) in [5.74, 6) is 1.45. The van der Waals surface area contributed by atoms with Crippen LogP contribution in [0.15, 0.2) is 71.6 Å². The van der Waals surface area contributed by atoms with Crippen molar-refractivity contribution in [1.82, 2.24) is 4.31 Å². The number of ether oxygens (including phenoxy) is 5. The van der Waals surface area contributed by atoms with Crippen LogP contribution in [0.5, 0.6) is 11.5 Å². The van der Waals surface area contributed by atoms with Gasteiger partial charge in [0.2, 0.25) is 10.0 Å². The standard InChI is InChI=1S/C38H52N2O8S/c1-28-7-14-33(15-8-28)49(42,43)40-26-37(48-27-29-9-16-36-35(23-29)39(19-22-47-36)18-6-20-44-3)34(30-10-12-32(46-5)13-11-30)24-31(40)25-38(2,41)17-21-45-4/h7-16,23,31,34,37,41H,6,17-22,24-27H2,1-5H3/t31-,34?,37-,38+/m1/s1. The minimum Gasteiger partial charge on any atom is -0.497 e. The fourth-order valence-electron chi connectivity index (χ4n) is 6.89. The van der Waals surface area contributed by atoms with Crippen molar-refractivity contribution >= 4 is 15.7 Å². The molecule has 0 amide bonds. The van der Waals surface area contributed by atoms with Crippen LogP contribution in [0.25, 0.3) is 0 Å². The van der Waals surface area contributed by atoms with E-state index in [2.05, 4.69) is 11.0 Å². The molecule has 2 aliphatic rings. The lowest BCUT2D eigenvalue weighted by atomic mass is 9.80. The fraction of sp³-hybridized carbons (Fsp3) is 0.526. The van der Waals surface area contributed by atoms with Gasteiger partial charge in [-0.1, -0.05) is 35.9 Å². The lowest BCUT2D eigenvalue weighted by molar-refractivity contribution is -0.0437. The van der Waals surface area contributed by atoms with E-state index >= 15 is 0 Å². The second kappa shape index (κ2) is 16.7. The number of nitrogens with zero attached hydrogens (tertiary/aromatic N) is 2. The summed E-state index contributed by atoms with van der Waals surface area (Å²) in [6.45, 7) is 7.46. The van der Waals surface area contributed by atoms with E-state index in [1.807, 2.05) is 55.5 Å². The highest BCUT2D eigenvalue weighted by Gasteiger charge is 2.45. The van der Waals surface area contributed by atoms with Gasteiger partial charge in [-0.2, -0.15) is 4.31 Å². The van der Waals surface area contributed by atoms with Gasteiger partial charge in [-0.05, 0) is 87.1 Å². The normalized spacial score (nSPS) is 21.1. The van der Waals surface area contributed by atoms with Crippen LogP contribution in [0.1, 0.15) is 55.2 Å². The maximum absolute atomic E-state index is 14.4. The molecule has 1 fully saturated rings. The molecule has 4 atom stereocenters. The third-order valence-corrected chi connectivity index (χ3v) is 11.6. The summed E-state index contributed by atoms with van der Waals surface area (Å²) in [6, 6.07) is 20.5. The number of anilines is 1. The summed E-state index contributed by atoms with van der Waals surface area (Å²) in [7, 11) is 1.02. The first-order valence-electron chi connectivity index (χ1n) is 17.1. The predicted octanol–water partition coefficient (Wildman–Crippen LogP) is 5.55. The molecule has 0 spiro atoms. The number of aryl methyl sites for hydroxylation is 1. The van der Waals surface area contributed by atoms with Crippen molar-refractivity contribution in [3.63, 3.8) is 0 Å². The number of benzene rings is 3. The Balaban J connectivity index is 1.47. The Bertz CT molecular complexity index is 1600. The van der Waals surface area contributed by atoms with Crippen molar-refractivity contribution in [2.24, 2.45) is 0 Å². The Labute approximate surface area is 291 Å². The molecular formula is C38H52N2O8S. The molecule has 0 aliphatic carbocycles. The van der Waals surface area contributed by atoms with Gasteiger partial charge in [0.15, 0.2) is 0 Å². The molecule has 5 rings (SSSR count). The first-order chi connectivity index (χ1) is 23.5. The molecular weight excluding hydrogens is 644 g/mol. The Hall–Kier alpha value is -3.19. The van der Waals surface area contributed by atoms with Gasteiger partial charge in [0, 0.05) is 52.5 Å². The van der Waals surface area contributed by atoms with Crippen LogP contribution in [0.2, 0.25) is 0 Å². The van der Waals surface area contributed by atoms with E-state index in [0.717, 1.165) is 53.4 Å². The first-order valence-corrected chi connectivity index (χ1v) is 18.5. The number of sulfonamides is 1. The van der Waals surface area contributed by atoms with Gasteiger partial charge < -0.3 is 33.7 Å². The zero-order valence-corrected chi connectivity index (χ0v) is 30.3. The van der Waals surface area contributed by atoms with Crippen LogP contribution in [0.4, 0.5) is 5.69 Å². The van der Waals surface area contributed by atoms with Crippen molar-refractivity contribution in [3.05, 3.63) is 83.4 Å². The van der Waals surface area contributed by atoms with E-state index in [1.54, 1.807) is 44.7 Å². The average Bonchev–Trinajstić information content (AvgIpc) is 3.10. The van der Waals surface area contributed by atoms with Crippen LogP contribution in [0.3, 0.4) is 0 Å². The summed E-state index contributed by atoms with van der Waals surface area (Å²) in [6.07, 6.45) is 1.56. The Morgan fingerprint density at radius 2 is 1.71 bits per heavy atom. The third kappa shape index (κ3) is 9.33. The Kier molecular flexibility index (Phi) is 12.6. The van der Waals surface area contributed by atoms with Gasteiger partial charge in [0.05, 0.1) is 42.5 Å². The van der Waals surface area contributed by atoms with E-state index in [-0.39, 0.29) is 23.8 Å². The molecule has 10 nitrogen and oxygen atoms in total. The number of piperidine rings is 1. The summed E-state index contributed by atoms with van der Waals surface area (Å²) in [5.41, 5.74) is 2.88. The van der Waals surface area contributed by atoms with E-state index < -0.39 is 27.8 Å². The minimum absolute atomic E-state index is 0.134. The molecule has 49 heavy (non-hydrogen) atoms. The number of hydrogen-bond donors (Lipinski definition) is 1. The molecule has 0 saturated carbocycles. The molecule has 1 saturated heterocycles. The van der Waals surface area contributed by atoms with Gasteiger partial charge >= 0.3 is 0 Å². The van der Waals surface area contributed by atoms with Gasteiger partial charge in [0.25, 0.3) is 0 Å². The molecule has 0 bridgehead atoms. The van der Waals surface area contributed by atoms with Crippen LogP contribution in [0, 0.1) is 6.92 Å². The topological polar surface area (TPSA) is 107 Å². The first kappa shape index (κ1) is 37.1. The van der Waals surface area contributed by atoms with Crippen LogP contribution in [-0.2, 0) is 30.8 Å². The van der Waals surface area contributed by atoms with Gasteiger partial charge in [-0.15, -0.1) is 0 Å². The van der Waals surface area contributed by atoms with E-state index in [1.165, 1.54) is 0 Å². The van der Waals surface area contributed by atoms with Crippen molar-refractivity contribution < 1.29 is 37.2 Å². The highest BCUT2D eigenvalue weighted by molar-refractivity contribution is 7.89. The lowest BCUT2D eigenvalue weighted by Gasteiger charge is -2.45. The summed E-state index contributed by atoms with van der Waals surface area (Å²) in [4.78, 5) is 2.54. The molecule has 1 unspecified atom stereocenters. The zero-order valence-electron chi connectivity index (χ0n) is 29.5. The molecule has 11 heteroatoms. The fourth-order valence-corrected chi connectivity index (χ4v) is 8.53. The maximum atomic E-state index is 14.4. The molecule has 2 aliphatic heterocycles. The van der Waals surface area contributed by atoms with Crippen molar-refractivity contribution in [2.45, 2.75) is 74.7 Å². The zero-order chi connectivity index (χ0) is 35.0. The summed E-state index contributed by atoms with van der Waals surface area (Å²) in [5, 5.41) is 11.4. The molecule has 3 aromatic rings. The van der Waals surface area contributed by atoms with E-state index in [4.69, 9.17) is 23.7 Å². The van der Waals surface area contributed by atoms with Crippen molar-refractivity contribution in [2.75, 3.05) is 65.7 Å². The average molecular weight is 697 g/mol. The molecule has 2 heterocycles. The minimum atomic E-state index is -3.93. The van der Waals surface area contributed by atoms with Gasteiger partial charge in [0.1, 0.15) is 18.1 Å². The molecule has 0 radical (unpaired) electrons. The number of fused-ring (bicyclic) bond motifs is 1. The van der Waals surface area contributed by atoms with Gasteiger partial charge in [-0.25, -0.2) is 8.42 Å². The number of methoxy groups -OCH3 is 3. The highest BCUT2D eigenvalue weighted by Crippen LogP contribution is 2.41. The van der Waals surface area contributed by atoms with E-state index in [0.29, 0.717) is 39.3 Å². The van der Waals surface area contributed by atoms with Gasteiger partial charge in [-0.3, -0.25) is 0 Å². The van der Waals surface area contributed by atoms with Crippen LogP contribution < -0.4 is 14.4 Å². The number of rotatable bonds is 16. The quantitative estimate of drug-likeness (QED) is 0.193. The molecule has 0 aromatic heterocycles.